The van der Waals surface area contributed by atoms with Gasteiger partial charge in [0.2, 0.25) is 5.91 Å². The van der Waals surface area contributed by atoms with Gasteiger partial charge in [-0.3, -0.25) is 9.63 Å². The highest BCUT2D eigenvalue weighted by atomic mass is 19.1. The Kier molecular flexibility index (Phi) is 4.53. The molecule has 27 heavy (non-hydrogen) atoms. The number of hydroxylamine groups is 1. The summed E-state index contributed by atoms with van der Waals surface area (Å²) in [6.07, 6.45) is -1.11. The molecule has 2 fully saturated rings. The van der Waals surface area contributed by atoms with Crippen molar-refractivity contribution in [2.75, 3.05) is 18.2 Å². The molecule has 3 atom stereocenters. The first kappa shape index (κ1) is 17.5. The molecule has 2 heterocycles. The van der Waals surface area contributed by atoms with Gasteiger partial charge in [0.15, 0.2) is 0 Å². The van der Waals surface area contributed by atoms with E-state index in [4.69, 9.17) is 9.57 Å². The number of imide groups is 1. The van der Waals surface area contributed by atoms with Crippen molar-refractivity contribution in [1.29, 1.82) is 0 Å². The summed E-state index contributed by atoms with van der Waals surface area (Å²) in [4.78, 5) is 32.2. The Morgan fingerprint density at radius 1 is 1.11 bits per heavy atom. The molecule has 0 radical (unpaired) electrons. The average molecular weight is 370 g/mol. The topological polar surface area (TPSA) is 59.1 Å². The van der Waals surface area contributed by atoms with Crippen LogP contribution in [0.4, 0.5) is 14.9 Å². The highest BCUT2D eigenvalue weighted by Crippen LogP contribution is 2.43. The van der Waals surface area contributed by atoms with Gasteiger partial charge in [-0.15, -0.1) is 0 Å². The Hall–Kier alpha value is -2.93. The van der Waals surface area contributed by atoms with E-state index in [1.54, 1.807) is 24.1 Å². The number of hydrogen-bond acceptors (Lipinski definition) is 5. The maximum absolute atomic E-state index is 13.4. The van der Waals surface area contributed by atoms with Crippen LogP contribution in [-0.4, -0.2) is 36.2 Å². The van der Waals surface area contributed by atoms with Crippen LogP contribution >= 0.6 is 0 Å². The number of ether oxygens (including phenoxy) is 1. The lowest BCUT2D eigenvalue weighted by Crippen LogP contribution is -2.41. The van der Waals surface area contributed by atoms with Gasteiger partial charge >= 0.3 is 6.09 Å². The minimum atomic E-state index is -0.638. The van der Waals surface area contributed by atoms with Crippen LogP contribution in [0.25, 0.3) is 0 Å². The highest BCUT2D eigenvalue weighted by Gasteiger charge is 2.49. The van der Waals surface area contributed by atoms with Crippen LogP contribution in [0.2, 0.25) is 0 Å². The Balaban J connectivity index is 1.75. The predicted molar refractivity (Wildman–Crippen MR) is 95.2 cm³/mol. The number of carbonyl (C=O) groups is 2. The fraction of sp³-hybridized carbons (Fsp3) is 0.300. The van der Waals surface area contributed by atoms with Crippen LogP contribution in [-0.2, 0) is 14.4 Å². The Morgan fingerprint density at radius 3 is 2.44 bits per heavy atom. The zero-order chi connectivity index (χ0) is 19.0. The van der Waals surface area contributed by atoms with Gasteiger partial charge in [-0.2, -0.15) is 0 Å². The van der Waals surface area contributed by atoms with E-state index in [1.165, 1.54) is 12.1 Å². The molecule has 2 aromatic rings. The summed E-state index contributed by atoms with van der Waals surface area (Å²) in [5.41, 5.74) is 1.51. The smallest absolute Gasteiger partial charge is 0.416 e. The molecule has 0 saturated carbocycles. The van der Waals surface area contributed by atoms with E-state index in [-0.39, 0.29) is 24.9 Å². The van der Waals surface area contributed by atoms with E-state index in [0.29, 0.717) is 0 Å². The average Bonchev–Trinajstić information content (AvgIpc) is 3.26. The molecule has 140 valence electrons. The van der Waals surface area contributed by atoms with Crippen LogP contribution in [0.3, 0.4) is 0 Å². The summed E-state index contributed by atoms with van der Waals surface area (Å²) in [5, 5.41) is 1.67. The number of rotatable bonds is 3. The van der Waals surface area contributed by atoms with E-state index in [2.05, 4.69) is 0 Å². The summed E-state index contributed by atoms with van der Waals surface area (Å²) >= 11 is 0. The summed E-state index contributed by atoms with van der Waals surface area (Å²) in [7, 11) is 0. The summed E-state index contributed by atoms with van der Waals surface area (Å²) in [6.45, 7) is 2.21. The Morgan fingerprint density at radius 2 is 1.81 bits per heavy atom. The number of carbonyl (C=O) groups excluding carboxylic acids is 2. The Labute approximate surface area is 156 Å². The quantitative estimate of drug-likeness (QED) is 0.830. The lowest BCUT2D eigenvalue weighted by atomic mass is 9.88. The molecule has 0 N–H and O–H groups in total. The maximum Gasteiger partial charge on any atom is 0.416 e. The molecular weight excluding hydrogens is 351 g/mol. The van der Waals surface area contributed by atoms with E-state index in [9.17, 15) is 14.0 Å². The standard InChI is InChI=1S/C20H19FN2O4/c1-13-17(19(24)22-11-12-26-20(22)25)18(14-7-9-15(21)10-8-14)23(27-13)16-5-3-2-4-6-16/h2-10,13,17-18H,11-12H2,1H3/t13-,17-,18+/m1/s1. The van der Waals surface area contributed by atoms with Gasteiger partial charge in [0.1, 0.15) is 12.4 Å². The second-order valence-corrected chi connectivity index (χ2v) is 6.60. The van der Waals surface area contributed by atoms with Crippen LogP contribution in [0.15, 0.2) is 54.6 Å². The molecule has 4 rings (SSSR count). The maximum atomic E-state index is 13.4. The highest BCUT2D eigenvalue weighted by molar-refractivity contribution is 5.95. The van der Waals surface area contributed by atoms with Gasteiger partial charge in [-0.1, -0.05) is 30.3 Å². The molecule has 0 aromatic heterocycles. The minimum Gasteiger partial charge on any atom is -0.447 e. The zero-order valence-electron chi connectivity index (χ0n) is 14.7. The van der Waals surface area contributed by atoms with Gasteiger partial charge < -0.3 is 4.74 Å². The molecule has 0 aliphatic carbocycles. The third-order valence-corrected chi connectivity index (χ3v) is 4.91. The number of anilines is 1. The SMILES string of the molecule is C[C@H]1ON(c2ccccc2)[C@@H](c2ccc(F)cc2)[C@@H]1C(=O)N1CCOC1=O. The monoisotopic (exact) mass is 370 g/mol. The number of halogens is 1. The van der Waals surface area contributed by atoms with Crippen molar-refractivity contribution in [1.82, 2.24) is 4.90 Å². The normalized spacial score (nSPS) is 25.0. The molecule has 6 nitrogen and oxygen atoms in total. The summed E-state index contributed by atoms with van der Waals surface area (Å²) in [5.74, 6) is -1.35. The first-order chi connectivity index (χ1) is 13.1. The van der Waals surface area contributed by atoms with E-state index >= 15 is 0 Å². The lowest BCUT2D eigenvalue weighted by molar-refractivity contribution is -0.133. The van der Waals surface area contributed by atoms with Crippen LogP contribution < -0.4 is 5.06 Å². The molecular formula is C20H19FN2O4. The molecule has 7 heteroatoms. The minimum absolute atomic E-state index is 0.191. The molecule has 2 aromatic carbocycles. The van der Waals surface area contributed by atoms with Crippen molar-refractivity contribution in [3.05, 3.63) is 66.0 Å². The number of nitrogens with zero attached hydrogens (tertiary/aromatic N) is 2. The van der Waals surface area contributed by atoms with Crippen molar-refractivity contribution >= 4 is 17.7 Å². The van der Waals surface area contributed by atoms with Gasteiger partial charge in [-0.25, -0.2) is 19.1 Å². The second kappa shape index (κ2) is 7.00. The fourth-order valence-electron chi connectivity index (χ4n) is 3.62. The summed E-state index contributed by atoms with van der Waals surface area (Å²) in [6, 6.07) is 14.9. The zero-order valence-corrected chi connectivity index (χ0v) is 14.7. The van der Waals surface area contributed by atoms with Gasteiger partial charge in [0.05, 0.1) is 30.3 Å². The van der Waals surface area contributed by atoms with E-state index in [1.807, 2.05) is 30.3 Å². The molecule has 0 spiro atoms. The molecule has 2 saturated heterocycles. The molecule has 2 aliphatic rings. The second-order valence-electron chi connectivity index (χ2n) is 6.60. The lowest BCUT2D eigenvalue weighted by Gasteiger charge is -2.28. The van der Waals surface area contributed by atoms with Crippen LogP contribution in [0, 0.1) is 11.7 Å². The number of benzene rings is 2. The first-order valence-electron chi connectivity index (χ1n) is 8.81. The third-order valence-electron chi connectivity index (χ3n) is 4.91. The Bertz CT molecular complexity index is 843. The van der Waals surface area contributed by atoms with Crippen molar-refractivity contribution in [3.63, 3.8) is 0 Å². The number of hydrogen-bond donors (Lipinski definition) is 0. The van der Waals surface area contributed by atoms with Gasteiger partial charge in [0.25, 0.3) is 0 Å². The number of cyclic esters (lactones) is 1. The van der Waals surface area contributed by atoms with Gasteiger partial charge in [0, 0.05) is 0 Å². The predicted octanol–water partition coefficient (Wildman–Crippen LogP) is 3.30. The molecule has 0 bridgehead atoms. The fourth-order valence-corrected chi connectivity index (χ4v) is 3.62. The van der Waals surface area contributed by atoms with Crippen LogP contribution in [0.1, 0.15) is 18.5 Å². The first-order valence-corrected chi connectivity index (χ1v) is 8.81. The number of amides is 2. The van der Waals surface area contributed by atoms with Gasteiger partial charge in [-0.05, 0) is 36.8 Å². The van der Waals surface area contributed by atoms with Crippen molar-refractivity contribution in [2.24, 2.45) is 5.92 Å². The molecule has 2 aliphatic heterocycles. The third kappa shape index (κ3) is 3.14. The summed E-state index contributed by atoms with van der Waals surface area (Å²) < 4.78 is 18.4. The van der Waals surface area contributed by atoms with Crippen molar-refractivity contribution in [2.45, 2.75) is 19.1 Å². The largest absolute Gasteiger partial charge is 0.447 e. The van der Waals surface area contributed by atoms with E-state index in [0.717, 1.165) is 16.2 Å². The molecule has 0 unspecified atom stereocenters. The number of para-hydroxylation sites is 1. The molecule has 2 amide bonds. The van der Waals surface area contributed by atoms with Crippen molar-refractivity contribution < 1.29 is 23.6 Å². The van der Waals surface area contributed by atoms with E-state index < -0.39 is 24.2 Å². The van der Waals surface area contributed by atoms with Crippen LogP contribution in [0.5, 0.6) is 0 Å². The van der Waals surface area contributed by atoms with Crippen molar-refractivity contribution in [3.8, 4) is 0 Å².